The zero-order chi connectivity index (χ0) is 15.0. The first-order valence-corrected chi connectivity index (χ1v) is 5.91. The summed E-state index contributed by atoms with van der Waals surface area (Å²) in [7, 11) is 0. The van der Waals surface area contributed by atoms with Gasteiger partial charge in [-0.05, 0) is 48.7 Å². The van der Waals surface area contributed by atoms with Gasteiger partial charge in [0.05, 0.1) is 0 Å². The Labute approximate surface area is 113 Å². The molecule has 0 amide bonds. The number of hydrogen-bond donors (Lipinski definition) is 1. The molecule has 0 saturated carbocycles. The normalized spacial score (nSPS) is 12.6. The molecule has 1 nitrogen and oxygen atoms in total. The van der Waals surface area contributed by atoms with E-state index in [1.807, 2.05) is 0 Å². The van der Waals surface area contributed by atoms with Crippen LogP contribution in [0.5, 0.6) is 0 Å². The van der Waals surface area contributed by atoms with E-state index in [0.29, 0.717) is 11.1 Å². The molecule has 0 heterocycles. The zero-order valence-electron chi connectivity index (χ0n) is 10.8. The Morgan fingerprint density at radius 2 is 1.45 bits per heavy atom. The second-order valence-electron chi connectivity index (χ2n) is 4.62. The van der Waals surface area contributed by atoms with Crippen molar-refractivity contribution in [3.63, 3.8) is 0 Å². The Morgan fingerprint density at radius 3 is 2.00 bits per heavy atom. The van der Waals surface area contributed by atoms with Gasteiger partial charge in [0, 0.05) is 5.56 Å². The van der Waals surface area contributed by atoms with Crippen molar-refractivity contribution in [3.05, 3.63) is 69.8 Å². The molecule has 1 unspecified atom stereocenters. The quantitative estimate of drug-likeness (QED) is 0.654. The Hall–Kier alpha value is -1.88. The van der Waals surface area contributed by atoms with Gasteiger partial charge in [-0.1, -0.05) is 6.07 Å². The third kappa shape index (κ3) is 2.41. The Morgan fingerprint density at radius 1 is 0.900 bits per heavy atom. The molecule has 106 valence electrons. The summed E-state index contributed by atoms with van der Waals surface area (Å²) >= 11 is 0. The smallest absolute Gasteiger partial charge is 0.194 e. The second-order valence-corrected chi connectivity index (χ2v) is 4.62. The third-order valence-corrected chi connectivity index (χ3v) is 3.19. The highest BCUT2D eigenvalue weighted by Gasteiger charge is 2.23. The maximum Gasteiger partial charge on any atom is 0.194 e. The average molecular weight is 284 g/mol. The van der Waals surface area contributed by atoms with Crippen molar-refractivity contribution in [1.29, 1.82) is 0 Å². The number of rotatable bonds is 2. The molecule has 0 spiro atoms. The summed E-state index contributed by atoms with van der Waals surface area (Å²) in [5.41, 5.74) is 0.691. The minimum absolute atomic E-state index is 0.274. The summed E-state index contributed by atoms with van der Waals surface area (Å²) < 4.78 is 53.0. The lowest BCUT2D eigenvalue weighted by Gasteiger charge is -2.18. The summed E-state index contributed by atoms with van der Waals surface area (Å²) in [6, 6.07) is 4.08. The van der Waals surface area contributed by atoms with Gasteiger partial charge in [0.15, 0.2) is 17.5 Å². The first kappa shape index (κ1) is 14.5. The van der Waals surface area contributed by atoms with E-state index in [4.69, 9.17) is 0 Å². The minimum Gasteiger partial charge on any atom is -0.384 e. The SMILES string of the molecule is Cc1cc(F)cc(C)c1C(O)c1ccc(F)c(F)c1F. The van der Waals surface area contributed by atoms with Gasteiger partial charge in [-0.25, -0.2) is 17.6 Å². The van der Waals surface area contributed by atoms with Crippen molar-refractivity contribution in [2.75, 3.05) is 0 Å². The Bertz CT molecular complexity index is 644. The van der Waals surface area contributed by atoms with E-state index in [0.717, 1.165) is 12.1 Å². The van der Waals surface area contributed by atoms with Gasteiger partial charge in [-0.2, -0.15) is 0 Å². The molecule has 0 aliphatic carbocycles. The molecule has 1 N–H and O–H groups in total. The fourth-order valence-corrected chi connectivity index (χ4v) is 2.26. The van der Waals surface area contributed by atoms with Crippen molar-refractivity contribution < 1.29 is 22.7 Å². The number of aliphatic hydroxyl groups excluding tert-OH is 1. The molecule has 5 heteroatoms. The van der Waals surface area contributed by atoms with Crippen LogP contribution in [-0.2, 0) is 0 Å². The van der Waals surface area contributed by atoms with Crippen LogP contribution in [0, 0.1) is 37.1 Å². The molecule has 0 bridgehead atoms. The number of aliphatic hydroxyl groups is 1. The lowest BCUT2D eigenvalue weighted by atomic mass is 9.93. The van der Waals surface area contributed by atoms with Crippen molar-refractivity contribution in [2.45, 2.75) is 20.0 Å². The molecule has 2 aromatic carbocycles. The van der Waals surface area contributed by atoms with Crippen LogP contribution in [0.2, 0.25) is 0 Å². The van der Waals surface area contributed by atoms with Crippen LogP contribution < -0.4 is 0 Å². The average Bonchev–Trinajstić information content (AvgIpc) is 2.34. The lowest BCUT2D eigenvalue weighted by molar-refractivity contribution is 0.211. The number of benzene rings is 2. The van der Waals surface area contributed by atoms with Crippen LogP contribution in [0.4, 0.5) is 17.6 Å². The summed E-state index contributed by atoms with van der Waals surface area (Å²) in [5, 5.41) is 10.2. The van der Waals surface area contributed by atoms with Crippen LogP contribution in [0.3, 0.4) is 0 Å². The predicted octanol–water partition coefficient (Wildman–Crippen LogP) is 3.94. The van der Waals surface area contributed by atoms with Gasteiger partial charge in [-0.15, -0.1) is 0 Å². The van der Waals surface area contributed by atoms with Crippen LogP contribution in [0.25, 0.3) is 0 Å². The van der Waals surface area contributed by atoms with Crippen LogP contribution >= 0.6 is 0 Å². The molecule has 2 rings (SSSR count). The molecule has 0 radical (unpaired) electrons. The Balaban J connectivity index is 2.58. The topological polar surface area (TPSA) is 20.2 Å². The van der Waals surface area contributed by atoms with E-state index in [9.17, 15) is 22.7 Å². The molecule has 0 aliphatic rings. The molecular weight excluding hydrogens is 272 g/mol. The molecule has 2 aromatic rings. The van der Waals surface area contributed by atoms with E-state index >= 15 is 0 Å². The van der Waals surface area contributed by atoms with Gasteiger partial charge >= 0.3 is 0 Å². The molecular formula is C15H12F4O. The molecule has 0 saturated heterocycles. The summed E-state index contributed by atoms with van der Waals surface area (Å²) in [6.07, 6.45) is -1.49. The van der Waals surface area contributed by atoms with Crippen molar-refractivity contribution >= 4 is 0 Å². The highest BCUT2D eigenvalue weighted by molar-refractivity contribution is 5.41. The fourth-order valence-electron chi connectivity index (χ4n) is 2.26. The van der Waals surface area contributed by atoms with E-state index in [-0.39, 0.29) is 11.1 Å². The van der Waals surface area contributed by atoms with Gasteiger partial charge in [-0.3, -0.25) is 0 Å². The van der Waals surface area contributed by atoms with E-state index < -0.39 is 29.4 Å². The zero-order valence-corrected chi connectivity index (χ0v) is 10.8. The van der Waals surface area contributed by atoms with E-state index in [2.05, 4.69) is 0 Å². The van der Waals surface area contributed by atoms with Gasteiger partial charge in [0.1, 0.15) is 11.9 Å². The largest absolute Gasteiger partial charge is 0.384 e. The molecule has 0 fully saturated rings. The highest BCUT2D eigenvalue weighted by atomic mass is 19.2. The van der Waals surface area contributed by atoms with Crippen molar-refractivity contribution in [3.8, 4) is 0 Å². The molecule has 1 atom stereocenters. The maximum atomic E-state index is 13.7. The second kappa shape index (κ2) is 5.25. The highest BCUT2D eigenvalue weighted by Crippen LogP contribution is 2.31. The van der Waals surface area contributed by atoms with Crippen LogP contribution in [0.1, 0.15) is 28.4 Å². The van der Waals surface area contributed by atoms with Crippen molar-refractivity contribution in [2.24, 2.45) is 0 Å². The lowest BCUT2D eigenvalue weighted by Crippen LogP contribution is -2.09. The summed E-state index contributed by atoms with van der Waals surface area (Å²) in [5.74, 6) is -4.90. The van der Waals surface area contributed by atoms with E-state index in [1.54, 1.807) is 13.8 Å². The maximum absolute atomic E-state index is 13.7. The number of aryl methyl sites for hydroxylation is 2. The monoisotopic (exact) mass is 284 g/mol. The van der Waals surface area contributed by atoms with Crippen molar-refractivity contribution in [1.82, 2.24) is 0 Å². The number of halogens is 4. The Kier molecular flexibility index (Phi) is 3.81. The van der Waals surface area contributed by atoms with Crippen LogP contribution in [0.15, 0.2) is 24.3 Å². The van der Waals surface area contributed by atoms with Gasteiger partial charge in [0.25, 0.3) is 0 Å². The molecule has 20 heavy (non-hydrogen) atoms. The standard InChI is InChI=1S/C15H12F4O/c1-7-5-9(16)6-8(2)12(7)15(20)10-3-4-11(17)14(19)13(10)18/h3-6,15,20H,1-2H3. The summed E-state index contributed by atoms with van der Waals surface area (Å²) in [4.78, 5) is 0. The fraction of sp³-hybridized carbons (Fsp3) is 0.200. The minimum atomic E-state index is -1.64. The van der Waals surface area contributed by atoms with Crippen LogP contribution in [-0.4, -0.2) is 5.11 Å². The third-order valence-electron chi connectivity index (χ3n) is 3.19. The van der Waals surface area contributed by atoms with E-state index in [1.165, 1.54) is 12.1 Å². The molecule has 0 aliphatic heterocycles. The van der Waals surface area contributed by atoms with Gasteiger partial charge < -0.3 is 5.11 Å². The first-order valence-electron chi connectivity index (χ1n) is 5.91. The predicted molar refractivity (Wildman–Crippen MR) is 66.3 cm³/mol. The molecule has 0 aromatic heterocycles. The summed E-state index contributed by atoms with van der Waals surface area (Å²) in [6.45, 7) is 3.10. The first-order chi connectivity index (χ1) is 9.32. The number of hydrogen-bond acceptors (Lipinski definition) is 1. The van der Waals surface area contributed by atoms with Gasteiger partial charge in [0.2, 0.25) is 0 Å².